The van der Waals surface area contributed by atoms with Gasteiger partial charge in [-0.15, -0.1) is 0 Å². The van der Waals surface area contributed by atoms with Gasteiger partial charge in [0.1, 0.15) is 11.9 Å². The van der Waals surface area contributed by atoms with Gasteiger partial charge in [0.25, 0.3) is 0 Å². The van der Waals surface area contributed by atoms with Crippen molar-refractivity contribution in [3.63, 3.8) is 0 Å². The molecule has 4 aromatic rings. The number of likely N-dealkylation sites (tertiary alicyclic amines) is 1. The first-order valence-electron chi connectivity index (χ1n) is 15.9. The maximum absolute atomic E-state index is 14.8. The van der Waals surface area contributed by atoms with Gasteiger partial charge in [-0.05, 0) is 105 Å². The monoisotopic (exact) mass is 675 g/mol. The highest BCUT2D eigenvalue weighted by Crippen LogP contribution is 2.41. The predicted octanol–water partition coefficient (Wildman–Crippen LogP) is 6.40. The molecule has 0 bridgehead atoms. The van der Waals surface area contributed by atoms with Crippen LogP contribution < -0.4 is 25.8 Å². The minimum atomic E-state index is -3.71. The molecular weight excluding hydrogens is 634 g/mol. The van der Waals surface area contributed by atoms with Crippen LogP contribution in [-0.4, -0.2) is 60.4 Å². The van der Waals surface area contributed by atoms with Crippen molar-refractivity contribution >= 4 is 49.8 Å². The quantitative estimate of drug-likeness (QED) is 0.132. The number of carboxylic acid groups (broad SMARTS) is 1. The molecule has 1 saturated heterocycles. The van der Waals surface area contributed by atoms with Crippen LogP contribution in [0.15, 0.2) is 71.8 Å². The van der Waals surface area contributed by atoms with Crippen LogP contribution in [0.1, 0.15) is 63.7 Å². The number of fused-ring (bicyclic) bond motifs is 1. The second kappa shape index (κ2) is 14.4. The van der Waals surface area contributed by atoms with Gasteiger partial charge in [0, 0.05) is 29.5 Å². The highest BCUT2D eigenvalue weighted by Gasteiger charge is 2.37. The third kappa shape index (κ3) is 7.41. The molecule has 1 aliphatic rings. The lowest BCUT2D eigenvalue weighted by Crippen LogP contribution is -2.38. The highest BCUT2D eigenvalue weighted by molar-refractivity contribution is 7.91. The molecule has 0 spiro atoms. The van der Waals surface area contributed by atoms with Crippen molar-refractivity contribution in [2.75, 3.05) is 35.3 Å². The van der Waals surface area contributed by atoms with E-state index in [9.17, 15) is 23.1 Å². The van der Waals surface area contributed by atoms with Gasteiger partial charge >= 0.3 is 6.09 Å². The molecule has 13 heteroatoms. The molecule has 5 rings (SSSR count). The first kappa shape index (κ1) is 34.3. The van der Waals surface area contributed by atoms with Gasteiger partial charge in [0.2, 0.25) is 5.91 Å². The molecule has 0 radical (unpaired) electrons. The van der Waals surface area contributed by atoms with Crippen molar-refractivity contribution < 1.29 is 32.6 Å². The third-order valence-corrected chi connectivity index (χ3v) is 9.99. The van der Waals surface area contributed by atoms with Gasteiger partial charge in [-0.1, -0.05) is 13.0 Å². The molecule has 0 unspecified atom stereocenters. The fraction of sp³-hybridized carbons (Fsp3) is 0.343. The number of carbonyl (C=O) groups is 2. The van der Waals surface area contributed by atoms with Crippen molar-refractivity contribution in [2.24, 2.45) is 0 Å². The first-order valence-corrected chi connectivity index (χ1v) is 17.6. The summed E-state index contributed by atoms with van der Waals surface area (Å²) in [6.07, 6.45) is 1.36. The third-order valence-electron chi connectivity index (χ3n) is 8.19. The van der Waals surface area contributed by atoms with Gasteiger partial charge in [0.15, 0.2) is 21.3 Å². The SMILES string of the molecule is CCOc1cc([C@H](Nc2ccc3c(N)nccc3c2)C(=O)N2CCC[C@@H]2c2cc(NC(=O)O)ccc2S(=O)(=O)CC)ccc1OC(C)C. The van der Waals surface area contributed by atoms with E-state index in [1.165, 1.54) is 18.2 Å². The van der Waals surface area contributed by atoms with E-state index < -0.39 is 28.0 Å². The Hall–Kier alpha value is -5.04. The average molecular weight is 676 g/mol. The molecule has 48 heavy (non-hydrogen) atoms. The lowest BCUT2D eigenvalue weighted by Gasteiger charge is -2.31. The predicted molar refractivity (Wildman–Crippen MR) is 185 cm³/mol. The van der Waals surface area contributed by atoms with Crippen LogP contribution in [-0.2, 0) is 14.6 Å². The zero-order valence-electron chi connectivity index (χ0n) is 27.4. The normalized spacial score (nSPS) is 15.4. The Bertz CT molecular complexity index is 1930. The number of carbonyl (C=O) groups excluding carboxylic acids is 1. The van der Waals surface area contributed by atoms with Crippen molar-refractivity contribution in [2.45, 2.75) is 63.6 Å². The Morgan fingerprint density at radius 3 is 2.52 bits per heavy atom. The summed E-state index contributed by atoms with van der Waals surface area (Å²) in [5, 5.41) is 16.7. The number of amides is 2. The van der Waals surface area contributed by atoms with Crippen molar-refractivity contribution in [3.05, 3.63) is 78.0 Å². The summed E-state index contributed by atoms with van der Waals surface area (Å²) >= 11 is 0. The molecule has 3 aromatic carbocycles. The van der Waals surface area contributed by atoms with Crippen molar-refractivity contribution in [1.82, 2.24) is 9.88 Å². The summed E-state index contributed by atoms with van der Waals surface area (Å²) in [5.74, 6) is 0.993. The molecule has 0 saturated carbocycles. The van der Waals surface area contributed by atoms with Gasteiger partial charge in [0.05, 0.1) is 29.4 Å². The second-order valence-corrected chi connectivity index (χ2v) is 14.0. The highest BCUT2D eigenvalue weighted by atomic mass is 32.2. The first-order chi connectivity index (χ1) is 22.9. The summed E-state index contributed by atoms with van der Waals surface area (Å²) in [5.41, 5.74) is 7.94. The molecule has 2 amide bonds. The number of nitrogens with one attached hydrogen (secondary N) is 2. The summed E-state index contributed by atoms with van der Waals surface area (Å²) in [4.78, 5) is 32.1. The maximum atomic E-state index is 14.8. The number of aromatic nitrogens is 1. The zero-order valence-corrected chi connectivity index (χ0v) is 28.2. The molecule has 2 heterocycles. The van der Waals surface area contributed by atoms with Gasteiger partial charge in [-0.2, -0.15) is 0 Å². The van der Waals surface area contributed by atoms with E-state index in [4.69, 9.17) is 15.2 Å². The minimum absolute atomic E-state index is 0.0738. The molecular formula is C35H41N5O7S. The van der Waals surface area contributed by atoms with E-state index >= 15 is 0 Å². The van der Waals surface area contributed by atoms with E-state index in [1.54, 1.807) is 30.2 Å². The summed E-state index contributed by atoms with van der Waals surface area (Å²) < 4.78 is 38.4. The fourth-order valence-electron chi connectivity index (χ4n) is 6.04. The largest absolute Gasteiger partial charge is 0.490 e. The molecule has 1 aromatic heterocycles. The van der Waals surface area contributed by atoms with Crippen LogP contribution in [0.25, 0.3) is 10.8 Å². The molecule has 254 valence electrons. The van der Waals surface area contributed by atoms with Crippen LogP contribution in [0, 0.1) is 0 Å². The maximum Gasteiger partial charge on any atom is 0.409 e. The van der Waals surface area contributed by atoms with Gasteiger partial charge in [-0.25, -0.2) is 18.2 Å². The Balaban J connectivity index is 1.60. The molecule has 1 fully saturated rings. The minimum Gasteiger partial charge on any atom is -0.490 e. The lowest BCUT2D eigenvalue weighted by atomic mass is 10.00. The topological polar surface area (TPSA) is 173 Å². The number of anilines is 3. The molecule has 12 nitrogen and oxygen atoms in total. The van der Waals surface area contributed by atoms with Gasteiger partial charge in [-0.3, -0.25) is 10.1 Å². The van der Waals surface area contributed by atoms with Crippen LogP contribution >= 0.6 is 0 Å². The second-order valence-electron chi connectivity index (χ2n) is 11.8. The molecule has 5 N–H and O–H groups in total. The Morgan fingerprint density at radius 2 is 1.81 bits per heavy atom. The van der Waals surface area contributed by atoms with Crippen molar-refractivity contribution in [1.29, 1.82) is 0 Å². The summed E-state index contributed by atoms with van der Waals surface area (Å²) in [6, 6.07) is 15.6. The van der Waals surface area contributed by atoms with Crippen LogP contribution in [0.3, 0.4) is 0 Å². The molecule has 2 atom stereocenters. The Morgan fingerprint density at radius 1 is 1.04 bits per heavy atom. The molecule has 0 aliphatic carbocycles. The summed E-state index contributed by atoms with van der Waals surface area (Å²) in [7, 11) is -3.71. The van der Waals surface area contributed by atoms with E-state index in [0.717, 1.165) is 10.8 Å². The number of nitrogens with zero attached hydrogens (tertiary/aromatic N) is 2. The fourth-order valence-corrected chi connectivity index (χ4v) is 7.18. The number of hydrogen-bond donors (Lipinski definition) is 4. The van der Waals surface area contributed by atoms with E-state index in [1.807, 2.05) is 51.1 Å². The summed E-state index contributed by atoms with van der Waals surface area (Å²) in [6.45, 7) is 8.01. The molecule has 1 aliphatic heterocycles. The number of benzene rings is 3. The van der Waals surface area contributed by atoms with Gasteiger partial charge < -0.3 is 30.5 Å². The van der Waals surface area contributed by atoms with Crippen molar-refractivity contribution in [3.8, 4) is 11.5 Å². The Labute approximate surface area is 280 Å². The average Bonchev–Trinajstić information content (AvgIpc) is 3.54. The smallest absolute Gasteiger partial charge is 0.409 e. The van der Waals surface area contributed by atoms with E-state index in [2.05, 4.69) is 15.6 Å². The van der Waals surface area contributed by atoms with E-state index in [0.29, 0.717) is 60.1 Å². The number of pyridine rings is 1. The number of hydrogen-bond acceptors (Lipinski definition) is 9. The standard InChI is InChI=1S/C35H41N5O7S/c1-5-46-30-19-23(9-13-29(30)47-21(3)4)32(38-24-10-12-26-22(18-24)15-16-37-33(26)36)34(41)40-17-7-8-28(40)27-20-25(39-35(42)43)11-14-31(27)48(44,45)6-2/h9-16,18-21,28,32,38-39H,5-8,17H2,1-4H3,(H2,36,37)(H,42,43)/t28-,32+/m1/s1. The lowest BCUT2D eigenvalue weighted by molar-refractivity contribution is -0.133. The number of sulfone groups is 1. The number of ether oxygens (including phenoxy) is 2. The van der Waals surface area contributed by atoms with Crippen LogP contribution in [0.5, 0.6) is 11.5 Å². The van der Waals surface area contributed by atoms with E-state index in [-0.39, 0.29) is 28.3 Å². The Kier molecular flexibility index (Phi) is 10.3. The number of rotatable bonds is 12. The zero-order chi connectivity index (χ0) is 34.6. The number of nitrogen functional groups attached to an aromatic ring is 1. The number of nitrogens with two attached hydrogens (primary N) is 1. The van der Waals surface area contributed by atoms with Crippen LogP contribution in [0.2, 0.25) is 0 Å². The van der Waals surface area contributed by atoms with Crippen LogP contribution in [0.4, 0.5) is 22.0 Å².